The van der Waals surface area contributed by atoms with E-state index in [4.69, 9.17) is 4.74 Å². The Balaban J connectivity index is 1.62. The molecule has 0 unspecified atom stereocenters. The Morgan fingerprint density at radius 1 is 1.04 bits per heavy atom. The van der Waals surface area contributed by atoms with Crippen LogP contribution in [0.4, 0.5) is 5.69 Å². The minimum absolute atomic E-state index is 0.00179. The number of likely N-dealkylation sites (tertiary alicyclic amines) is 1. The second-order valence-corrected chi connectivity index (χ2v) is 7.58. The predicted octanol–water partition coefficient (Wildman–Crippen LogP) is 4.31. The number of amides is 1. The zero-order valence-corrected chi connectivity index (χ0v) is 16.8. The molecular weight excluding hydrogens is 352 g/mol. The van der Waals surface area contributed by atoms with Gasteiger partial charge in [0.2, 0.25) is 0 Å². The van der Waals surface area contributed by atoms with E-state index >= 15 is 0 Å². The first-order valence-electron chi connectivity index (χ1n) is 9.82. The Kier molecular flexibility index (Phi) is 6.34. The van der Waals surface area contributed by atoms with E-state index in [9.17, 15) is 9.59 Å². The van der Waals surface area contributed by atoms with Gasteiger partial charge in [0, 0.05) is 30.4 Å². The lowest BCUT2D eigenvalue weighted by Gasteiger charge is -2.34. The van der Waals surface area contributed by atoms with Gasteiger partial charge >= 0.3 is 5.97 Å². The average molecular weight is 380 g/mol. The average Bonchev–Trinajstić information content (AvgIpc) is 2.73. The zero-order chi connectivity index (χ0) is 20.1. The summed E-state index contributed by atoms with van der Waals surface area (Å²) in [6, 6.07) is 15.4. The molecule has 0 aromatic heterocycles. The van der Waals surface area contributed by atoms with Gasteiger partial charge in [-0.05, 0) is 60.7 Å². The van der Waals surface area contributed by atoms with E-state index < -0.39 is 5.97 Å². The SMILES string of the molecule is COC(=O)c1ccc(C(=O)N2CCC[C@@H](Nc3ccc(C(C)C)cc3)C2)cc1. The van der Waals surface area contributed by atoms with Gasteiger partial charge in [-0.1, -0.05) is 26.0 Å². The zero-order valence-electron chi connectivity index (χ0n) is 16.8. The molecule has 148 valence electrons. The minimum atomic E-state index is -0.398. The van der Waals surface area contributed by atoms with E-state index in [0.29, 0.717) is 23.6 Å². The van der Waals surface area contributed by atoms with Crippen molar-refractivity contribution in [1.82, 2.24) is 4.90 Å². The van der Waals surface area contributed by atoms with Crippen LogP contribution in [-0.4, -0.2) is 43.0 Å². The number of carbonyl (C=O) groups is 2. The van der Waals surface area contributed by atoms with Crippen molar-refractivity contribution in [2.24, 2.45) is 0 Å². The highest BCUT2D eigenvalue weighted by molar-refractivity contribution is 5.96. The lowest BCUT2D eigenvalue weighted by Crippen LogP contribution is -2.45. The van der Waals surface area contributed by atoms with Crippen LogP contribution in [0.3, 0.4) is 0 Å². The Morgan fingerprint density at radius 2 is 1.68 bits per heavy atom. The van der Waals surface area contributed by atoms with Crippen LogP contribution in [0, 0.1) is 0 Å². The standard InChI is InChI=1S/C23H28N2O3/c1-16(2)17-10-12-20(13-11-17)24-21-5-4-14-25(15-21)22(26)18-6-8-19(9-7-18)23(27)28-3/h6-13,16,21,24H,4-5,14-15H2,1-3H3/t21-/m1/s1. The van der Waals surface area contributed by atoms with Crippen LogP contribution in [0.15, 0.2) is 48.5 Å². The van der Waals surface area contributed by atoms with E-state index in [0.717, 1.165) is 25.1 Å². The Morgan fingerprint density at radius 3 is 2.29 bits per heavy atom. The lowest BCUT2D eigenvalue weighted by molar-refractivity contribution is 0.0599. The van der Waals surface area contributed by atoms with Gasteiger partial charge in [0.25, 0.3) is 5.91 Å². The molecule has 0 saturated carbocycles. The normalized spacial score (nSPS) is 16.7. The first-order valence-corrected chi connectivity index (χ1v) is 9.82. The fraction of sp³-hybridized carbons (Fsp3) is 0.391. The van der Waals surface area contributed by atoms with Gasteiger partial charge in [0.15, 0.2) is 0 Å². The number of piperidine rings is 1. The van der Waals surface area contributed by atoms with Gasteiger partial charge in [-0.25, -0.2) is 4.79 Å². The van der Waals surface area contributed by atoms with Crippen molar-refractivity contribution in [3.05, 3.63) is 65.2 Å². The predicted molar refractivity (Wildman–Crippen MR) is 111 cm³/mol. The number of ether oxygens (including phenoxy) is 1. The van der Waals surface area contributed by atoms with Crippen molar-refractivity contribution < 1.29 is 14.3 Å². The van der Waals surface area contributed by atoms with E-state index in [1.165, 1.54) is 12.7 Å². The first kappa shape index (κ1) is 19.9. The number of methoxy groups -OCH3 is 1. The fourth-order valence-electron chi connectivity index (χ4n) is 3.53. The summed E-state index contributed by atoms with van der Waals surface area (Å²) in [5, 5.41) is 3.56. The molecule has 0 radical (unpaired) electrons. The number of nitrogens with one attached hydrogen (secondary N) is 1. The third kappa shape index (κ3) is 4.71. The second kappa shape index (κ2) is 8.91. The summed E-state index contributed by atoms with van der Waals surface area (Å²) in [7, 11) is 1.35. The smallest absolute Gasteiger partial charge is 0.337 e. The topological polar surface area (TPSA) is 58.6 Å². The third-order valence-electron chi connectivity index (χ3n) is 5.21. The van der Waals surface area contributed by atoms with Crippen LogP contribution in [0.2, 0.25) is 0 Å². The number of carbonyl (C=O) groups excluding carboxylic acids is 2. The number of nitrogens with zero attached hydrogens (tertiary/aromatic N) is 1. The quantitative estimate of drug-likeness (QED) is 0.785. The summed E-state index contributed by atoms with van der Waals surface area (Å²) in [5.41, 5.74) is 3.45. The Labute approximate surface area is 166 Å². The van der Waals surface area contributed by atoms with Crippen LogP contribution in [-0.2, 0) is 4.74 Å². The molecule has 2 aromatic carbocycles. The molecule has 1 aliphatic rings. The van der Waals surface area contributed by atoms with Crippen LogP contribution in [0.25, 0.3) is 0 Å². The highest BCUT2D eigenvalue weighted by atomic mass is 16.5. The van der Waals surface area contributed by atoms with E-state index in [2.05, 4.69) is 43.4 Å². The highest BCUT2D eigenvalue weighted by Gasteiger charge is 2.24. The van der Waals surface area contributed by atoms with E-state index in [1.807, 2.05) is 4.90 Å². The molecule has 0 spiro atoms. The Hall–Kier alpha value is -2.82. The van der Waals surface area contributed by atoms with Gasteiger partial charge in [-0.3, -0.25) is 4.79 Å². The monoisotopic (exact) mass is 380 g/mol. The van der Waals surface area contributed by atoms with Crippen molar-refractivity contribution in [3.8, 4) is 0 Å². The van der Waals surface area contributed by atoms with Gasteiger partial charge in [0.1, 0.15) is 0 Å². The van der Waals surface area contributed by atoms with Gasteiger partial charge in [-0.15, -0.1) is 0 Å². The Bertz CT molecular complexity index is 813. The maximum atomic E-state index is 12.8. The van der Waals surface area contributed by atoms with Gasteiger partial charge in [-0.2, -0.15) is 0 Å². The van der Waals surface area contributed by atoms with Crippen molar-refractivity contribution >= 4 is 17.6 Å². The molecule has 0 aliphatic carbocycles. The molecule has 5 heteroatoms. The molecule has 5 nitrogen and oxygen atoms in total. The molecule has 1 aliphatic heterocycles. The molecule has 1 fully saturated rings. The largest absolute Gasteiger partial charge is 0.465 e. The minimum Gasteiger partial charge on any atom is -0.465 e. The summed E-state index contributed by atoms with van der Waals surface area (Å²) >= 11 is 0. The highest BCUT2D eigenvalue weighted by Crippen LogP contribution is 2.21. The lowest BCUT2D eigenvalue weighted by atomic mass is 10.0. The van der Waals surface area contributed by atoms with Crippen LogP contribution in [0.1, 0.15) is 58.9 Å². The molecule has 1 heterocycles. The molecule has 1 amide bonds. The second-order valence-electron chi connectivity index (χ2n) is 7.58. The van der Waals surface area contributed by atoms with Gasteiger partial charge in [0.05, 0.1) is 12.7 Å². The molecule has 0 bridgehead atoms. The number of esters is 1. The number of hydrogen-bond acceptors (Lipinski definition) is 4. The molecule has 1 saturated heterocycles. The van der Waals surface area contributed by atoms with Crippen LogP contribution >= 0.6 is 0 Å². The van der Waals surface area contributed by atoms with Gasteiger partial charge < -0.3 is 15.0 Å². The number of benzene rings is 2. The van der Waals surface area contributed by atoms with Crippen molar-refractivity contribution in [1.29, 1.82) is 0 Å². The first-order chi connectivity index (χ1) is 13.5. The summed E-state index contributed by atoms with van der Waals surface area (Å²) < 4.78 is 4.70. The molecule has 2 aromatic rings. The molecule has 1 atom stereocenters. The van der Waals surface area contributed by atoms with Crippen molar-refractivity contribution in [3.63, 3.8) is 0 Å². The molecule has 28 heavy (non-hydrogen) atoms. The number of anilines is 1. The van der Waals surface area contributed by atoms with E-state index in [-0.39, 0.29) is 11.9 Å². The summed E-state index contributed by atoms with van der Waals surface area (Å²) in [4.78, 5) is 26.3. The van der Waals surface area contributed by atoms with Crippen molar-refractivity contribution in [2.45, 2.75) is 38.6 Å². The van der Waals surface area contributed by atoms with Crippen LogP contribution < -0.4 is 5.32 Å². The fourth-order valence-corrected chi connectivity index (χ4v) is 3.53. The third-order valence-corrected chi connectivity index (χ3v) is 5.21. The summed E-state index contributed by atoms with van der Waals surface area (Å²) in [6.07, 6.45) is 2.00. The summed E-state index contributed by atoms with van der Waals surface area (Å²) in [5.74, 6) is 0.116. The maximum absolute atomic E-state index is 12.8. The molecule has 3 rings (SSSR count). The molecular formula is C23H28N2O3. The van der Waals surface area contributed by atoms with E-state index in [1.54, 1.807) is 24.3 Å². The summed E-state index contributed by atoms with van der Waals surface area (Å²) in [6.45, 7) is 5.79. The molecule has 1 N–H and O–H groups in total. The van der Waals surface area contributed by atoms with Crippen molar-refractivity contribution in [2.75, 3.05) is 25.5 Å². The van der Waals surface area contributed by atoms with Crippen LogP contribution in [0.5, 0.6) is 0 Å². The maximum Gasteiger partial charge on any atom is 0.337 e. The number of rotatable bonds is 5. The number of hydrogen-bond donors (Lipinski definition) is 1.